The Kier molecular flexibility index (Phi) is 3.31. The first-order valence-electron chi connectivity index (χ1n) is 4.99. The number of hydrogen-bond donors (Lipinski definition) is 1. The van der Waals surface area contributed by atoms with Gasteiger partial charge in [0.15, 0.2) is 0 Å². The maximum absolute atomic E-state index is 11.7. The Morgan fingerprint density at radius 1 is 1.46 bits per heavy atom. The van der Waals surface area contributed by atoms with Crippen LogP contribution in [0.25, 0.3) is 0 Å². The molecule has 0 aliphatic carbocycles. The molecular weight excluding hydrogens is 166 g/mol. The summed E-state index contributed by atoms with van der Waals surface area (Å²) < 4.78 is 0. The van der Waals surface area contributed by atoms with Gasteiger partial charge in [0, 0.05) is 19.0 Å². The number of β-amino-alcohol motifs (C(OH)–C–C–N with tert-alkyl or cyclic N) is 1. The van der Waals surface area contributed by atoms with E-state index < -0.39 is 0 Å². The summed E-state index contributed by atoms with van der Waals surface area (Å²) in [4.78, 5) is 13.5. The van der Waals surface area contributed by atoms with E-state index in [1.807, 2.05) is 6.92 Å². The Balaban J connectivity index is 2.48. The van der Waals surface area contributed by atoms with Gasteiger partial charge in [-0.3, -0.25) is 4.79 Å². The van der Waals surface area contributed by atoms with Crippen LogP contribution in [0.15, 0.2) is 0 Å². The summed E-state index contributed by atoms with van der Waals surface area (Å²) in [6, 6.07) is 0. The fourth-order valence-corrected chi connectivity index (χ4v) is 1.52. The number of carbonyl (C=O) groups is 1. The third kappa shape index (κ3) is 2.44. The average molecular weight is 185 g/mol. The zero-order valence-electron chi connectivity index (χ0n) is 8.66. The first-order valence-corrected chi connectivity index (χ1v) is 4.99. The van der Waals surface area contributed by atoms with Crippen molar-refractivity contribution in [1.82, 2.24) is 4.90 Å². The summed E-state index contributed by atoms with van der Waals surface area (Å²) in [6.07, 6.45) is 0.430. The predicted molar refractivity (Wildman–Crippen MR) is 51.2 cm³/mol. The quantitative estimate of drug-likeness (QED) is 0.693. The molecule has 1 rings (SSSR count). The number of nitrogens with zero attached hydrogens (tertiary/aromatic N) is 1. The second kappa shape index (κ2) is 4.09. The second-order valence-corrected chi connectivity index (χ2v) is 4.26. The van der Waals surface area contributed by atoms with Gasteiger partial charge in [-0.2, -0.15) is 0 Å². The van der Waals surface area contributed by atoms with Crippen LogP contribution in [0.4, 0.5) is 0 Å². The molecule has 1 aliphatic heterocycles. The van der Waals surface area contributed by atoms with Crippen LogP contribution >= 0.6 is 0 Å². The van der Waals surface area contributed by atoms with Crippen molar-refractivity contribution in [2.75, 3.05) is 13.1 Å². The molecule has 1 fully saturated rings. The van der Waals surface area contributed by atoms with Gasteiger partial charge in [0.05, 0.1) is 6.10 Å². The molecule has 0 aromatic rings. The lowest BCUT2D eigenvalue weighted by atomic mass is 9.97. The van der Waals surface area contributed by atoms with Crippen molar-refractivity contribution in [2.24, 2.45) is 11.8 Å². The lowest BCUT2D eigenvalue weighted by molar-refractivity contribution is -0.135. The molecule has 1 N–H and O–H groups in total. The number of hydrogen-bond acceptors (Lipinski definition) is 2. The topological polar surface area (TPSA) is 40.5 Å². The van der Waals surface area contributed by atoms with Crippen LogP contribution in [0.2, 0.25) is 0 Å². The number of likely N-dealkylation sites (tertiary alicyclic amines) is 1. The van der Waals surface area contributed by atoms with E-state index in [1.54, 1.807) is 4.90 Å². The van der Waals surface area contributed by atoms with Gasteiger partial charge in [0.1, 0.15) is 0 Å². The van der Waals surface area contributed by atoms with E-state index in [0.717, 1.165) is 13.0 Å². The molecule has 76 valence electrons. The van der Waals surface area contributed by atoms with E-state index in [4.69, 9.17) is 0 Å². The summed E-state index contributed by atoms with van der Waals surface area (Å²) in [5.41, 5.74) is 0. The summed E-state index contributed by atoms with van der Waals surface area (Å²) in [5, 5.41) is 9.27. The van der Waals surface area contributed by atoms with Gasteiger partial charge in [-0.1, -0.05) is 20.8 Å². The Hall–Kier alpha value is -0.570. The number of amides is 1. The maximum atomic E-state index is 11.7. The number of carbonyl (C=O) groups excluding carboxylic acids is 1. The van der Waals surface area contributed by atoms with Crippen molar-refractivity contribution in [2.45, 2.75) is 33.3 Å². The van der Waals surface area contributed by atoms with Gasteiger partial charge < -0.3 is 10.0 Å². The van der Waals surface area contributed by atoms with E-state index in [0.29, 0.717) is 12.5 Å². The minimum absolute atomic E-state index is 0.0744. The molecule has 2 unspecified atom stereocenters. The van der Waals surface area contributed by atoms with Crippen molar-refractivity contribution < 1.29 is 9.90 Å². The lowest BCUT2D eigenvalue weighted by Gasteiger charge is -2.22. The van der Waals surface area contributed by atoms with Crippen LogP contribution < -0.4 is 0 Å². The molecule has 1 amide bonds. The van der Waals surface area contributed by atoms with E-state index in [-0.39, 0.29) is 17.9 Å². The Morgan fingerprint density at radius 3 is 2.46 bits per heavy atom. The van der Waals surface area contributed by atoms with Gasteiger partial charge in [0.2, 0.25) is 5.91 Å². The van der Waals surface area contributed by atoms with Crippen molar-refractivity contribution in [3.8, 4) is 0 Å². The van der Waals surface area contributed by atoms with Gasteiger partial charge in [-0.05, 0) is 12.3 Å². The highest BCUT2D eigenvalue weighted by Crippen LogP contribution is 2.17. The molecule has 13 heavy (non-hydrogen) atoms. The van der Waals surface area contributed by atoms with Crippen LogP contribution in [0, 0.1) is 11.8 Å². The van der Waals surface area contributed by atoms with Gasteiger partial charge >= 0.3 is 0 Å². The molecule has 0 aromatic heterocycles. The minimum atomic E-state index is -0.302. The summed E-state index contributed by atoms with van der Waals surface area (Å²) in [7, 11) is 0. The molecule has 3 heteroatoms. The monoisotopic (exact) mass is 185 g/mol. The molecule has 1 aliphatic rings. The smallest absolute Gasteiger partial charge is 0.225 e. The highest BCUT2D eigenvalue weighted by atomic mass is 16.3. The summed E-state index contributed by atoms with van der Waals surface area (Å²) >= 11 is 0. The highest BCUT2D eigenvalue weighted by molar-refractivity contribution is 5.79. The molecule has 0 saturated carbocycles. The van der Waals surface area contributed by atoms with Gasteiger partial charge in [0.25, 0.3) is 0 Å². The van der Waals surface area contributed by atoms with E-state index in [2.05, 4.69) is 13.8 Å². The van der Waals surface area contributed by atoms with Crippen LogP contribution in [0.5, 0.6) is 0 Å². The Morgan fingerprint density at radius 2 is 2.08 bits per heavy atom. The first-order chi connectivity index (χ1) is 6.02. The van der Waals surface area contributed by atoms with Gasteiger partial charge in [-0.15, -0.1) is 0 Å². The number of aliphatic hydroxyl groups excluding tert-OH is 1. The first kappa shape index (κ1) is 10.5. The fourth-order valence-electron chi connectivity index (χ4n) is 1.52. The predicted octanol–water partition coefficient (Wildman–Crippen LogP) is 0.872. The third-order valence-corrected chi connectivity index (χ3v) is 2.86. The van der Waals surface area contributed by atoms with Gasteiger partial charge in [-0.25, -0.2) is 0 Å². The molecule has 0 aromatic carbocycles. The molecule has 2 atom stereocenters. The van der Waals surface area contributed by atoms with E-state index in [1.165, 1.54) is 0 Å². The standard InChI is InChI=1S/C10H19NO2/c1-7(2)8(3)10(13)11-5-4-9(12)6-11/h7-9,12H,4-6H2,1-3H3. The fraction of sp³-hybridized carbons (Fsp3) is 0.900. The summed E-state index contributed by atoms with van der Waals surface area (Å²) in [6.45, 7) is 7.30. The van der Waals surface area contributed by atoms with E-state index >= 15 is 0 Å². The number of aliphatic hydroxyl groups is 1. The molecule has 1 saturated heterocycles. The summed E-state index contributed by atoms with van der Waals surface area (Å²) in [5.74, 6) is 0.641. The maximum Gasteiger partial charge on any atom is 0.225 e. The minimum Gasteiger partial charge on any atom is -0.391 e. The normalized spacial score (nSPS) is 25.3. The average Bonchev–Trinajstić information content (AvgIpc) is 2.49. The zero-order valence-corrected chi connectivity index (χ0v) is 8.66. The zero-order chi connectivity index (χ0) is 10.0. The molecule has 0 radical (unpaired) electrons. The van der Waals surface area contributed by atoms with Crippen LogP contribution in [0.1, 0.15) is 27.2 Å². The molecule has 0 spiro atoms. The van der Waals surface area contributed by atoms with Crippen molar-refractivity contribution in [1.29, 1.82) is 0 Å². The van der Waals surface area contributed by atoms with Crippen molar-refractivity contribution >= 4 is 5.91 Å². The van der Waals surface area contributed by atoms with Crippen molar-refractivity contribution in [3.05, 3.63) is 0 Å². The Bertz CT molecular complexity index is 191. The van der Waals surface area contributed by atoms with Crippen LogP contribution in [-0.2, 0) is 4.79 Å². The third-order valence-electron chi connectivity index (χ3n) is 2.86. The number of rotatable bonds is 2. The molecule has 1 heterocycles. The SMILES string of the molecule is CC(C)C(C)C(=O)N1CCC(O)C1. The van der Waals surface area contributed by atoms with Crippen LogP contribution in [0.3, 0.4) is 0 Å². The van der Waals surface area contributed by atoms with Crippen LogP contribution in [-0.4, -0.2) is 35.1 Å². The molecule has 0 bridgehead atoms. The van der Waals surface area contributed by atoms with Crippen molar-refractivity contribution in [3.63, 3.8) is 0 Å². The lowest BCUT2D eigenvalue weighted by Crippen LogP contribution is -2.35. The largest absolute Gasteiger partial charge is 0.391 e. The Labute approximate surface area is 79.7 Å². The van der Waals surface area contributed by atoms with E-state index in [9.17, 15) is 9.90 Å². The molecule has 3 nitrogen and oxygen atoms in total. The second-order valence-electron chi connectivity index (χ2n) is 4.26. The molecular formula is C10H19NO2. The highest BCUT2D eigenvalue weighted by Gasteiger charge is 2.28.